The molecule has 1 saturated heterocycles. The van der Waals surface area contributed by atoms with Crippen LogP contribution in [0.2, 0.25) is 0 Å². The van der Waals surface area contributed by atoms with Gasteiger partial charge in [-0.25, -0.2) is 8.42 Å². The highest BCUT2D eigenvalue weighted by atomic mass is 32.2. The van der Waals surface area contributed by atoms with Crippen molar-refractivity contribution in [2.45, 2.75) is 23.8 Å². The molecule has 170 valence electrons. The van der Waals surface area contributed by atoms with Crippen molar-refractivity contribution in [3.63, 3.8) is 0 Å². The van der Waals surface area contributed by atoms with Crippen LogP contribution in [0.5, 0.6) is 11.5 Å². The molecule has 7 nitrogen and oxygen atoms in total. The van der Waals surface area contributed by atoms with Gasteiger partial charge >= 0.3 is 0 Å². The van der Waals surface area contributed by atoms with Gasteiger partial charge in [-0.3, -0.25) is 9.52 Å². The van der Waals surface area contributed by atoms with Crippen LogP contribution in [0.4, 0.5) is 5.69 Å². The average molecular weight is 465 g/mol. The average Bonchev–Trinajstić information content (AvgIpc) is 3.34. The molecule has 33 heavy (non-hydrogen) atoms. The molecular weight excluding hydrogens is 440 g/mol. The van der Waals surface area contributed by atoms with E-state index in [9.17, 15) is 13.2 Å². The smallest absolute Gasteiger partial charge is 0.262 e. The number of anilines is 1. The van der Waals surface area contributed by atoms with Crippen molar-refractivity contribution in [2.75, 3.05) is 24.5 Å². The quantitative estimate of drug-likeness (QED) is 0.611. The van der Waals surface area contributed by atoms with Gasteiger partial charge in [0.2, 0.25) is 0 Å². The van der Waals surface area contributed by atoms with Gasteiger partial charge in [-0.05, 0) is 48.7 Å². The second-order valence-corrected chi connectivity index (χ2v) is 9.74. The van der Waals surface area contributed by atoms with E-state index in [1.165, 1.54) is 12.1 Å². The zero-order valence-corrected chi connectivity index (χ0v) is 18.8. The maximum absolute atomic E-state index is 13.3. The van der Waals surface area contributed by atoms with E-state index in [0.29, 0.717) is 42.5 Å². The van der Waals surface area contributed by atoms with Crippen molar-refractivity contribution in [1.82, 2.24) is 4.90 Å². The molecule has 0 aromatic heterocycles. The number of hydrogen-bond acceptors (Lipinski definition) is 5. The summed E-state index contributed by atoms with van der Waals surface area (Å²) in [5.41, 5.74) is 1.88. The van der Waals surface area contributed by atoms with Crippen molar-refractivity contribution < 1.29 is 22.7 Å². The van der Waals surface area contributed by atoms with E-state index in [2.05, 4.69) is 4.72 Å². The number of nitrogens with one attached hydrogen (secondary N) is 1. The maximum Gasteiger partial charge on any atom is 0.262 e. The van der Waals surface area contributed by atoms with E-state index in [4.69, 9.17) is 9.47 Å². The molecule has 0 aliphatic carbocycles. The molecule has 1 fully saturated rings. The Labute approximate surface area is 193 Å². The van der Waals surface area contributed by atoms with Crippen molar-refractivity contribution in [1.29, 1.82) is 0 Å². The van der Waals surface area contributed by atoms with Crippen LogP contribution in [-0.4, -0.2) is 39.0 Å². The number of carbonyl (C=O) groups excluding carboxylic acids is 1. The van der Waals surface area contributed by atoms with Gasteiger partial charge in [0.15, 0.2) is 11.5 Å². The van der Waals surface area contributed by atoms with Gasteiger partial charge in [0.25, 0.3) is 15.9 Å². The number of fused-ring (bicyclic) bond motifs is 1. The normalized spacial score (nSPS) is 17.6. The Bertz CT molecular complexity index is 1280. The van der Waals surface area contributed by atoms with E-state index in [1.54, 1.807) is 30.3 Å². The zero-order chi connectivity index (χ0) is 22.8. The summed E-state index contributed by atoms with van der Waals surface area (Å²) < 4.78 is 39.4. The van der Waals surface area contributed by atoms with Crippen LogP contribution in [0.3, 0.4) is 0 Å². The second-order valence-electron chi connectivity index (χ2n) is 8.06. The Morgan fingerprint density at radius 2 is 1.70 bits per heavy atom. The highest BCUT2D eigenvalue weighted by molar-refractivity contribution is 7.92. The molecule has 1 N–H and O–H groups in total. The third-order valence-electron chi connectivity index (χ3n) is 5.88. The van der Waals surface area contributed by atoms with Crippen molar-refractivity contribution >= 4 is 21.6 Å². The molecule has 2 aliphatic rings. The van der Waals surface area contributed by atoms with Crippen LogP contribution in [0, 0.1) is 0 Å². The van der Waals surface area contributed by atoms with Crippen LogP contribution in [0.25, 0.3) is 0 Å². The lowest BCUT2D eigenvalue weighted by Gasteiger charge is -2.25. The summed E-state index contributed by atoms with van der Waals surface area (Å²) >= 11 is 0. The van der Waals surface area contributed by atoms with E-state index in [-0.39, 0.29) is 16.8 Å². The summed E-state index contributed by atoms with van der Waals surface area (Å²) in [5.74, 6) is 0.808. The Morgan fingerprint density at radius 3 is 2.52 bits per heavy atom. The number of benzene rings is 3. The monoisotopic (exact) mass is 464 g/mol. The number of rotatable bonds is 5. The molecule has 1 amide bonds. The summed E-state index contributed by atoms with van der Waals surface area (Å²) in [6, 6.07) is 21.1. The van der Waals surface area contributed by atoms with E-state index >= 15 is 0 Å². The minimum absolute atomic E-state index is 0.0248. The van der Waals surface area contributed by atoms with Gasteiger partial charge in [0, 0.05) is 23.9 Å². The summed E-state index contributed by atoms with van der Waals surface area (Å²) in [6.07, 6.45) is 1.84. The number of nitrogens with zero attached hydrogens (tertiary/aromatic N) is 1. The van der Waals surface area contributed by atoms with Crippen LogP contribution in [0.15, 0.2) is 77.7 Å². The van der Waals surface area contributed by atoms with Gasteiger partial charge in [-0.15, -0.1) is 0 Å². The molecule has 2 heterocycles. The fourth-order valence-electron chi connectivity index (χ4n) is 4.32. The Balaban J connectivity index is 1.36. The highest BCUT2D eigenvalue weighted by Gasteiger charge is 2.30. The lowest BCUT2D eigenvalue weighted by molar-refractivity contribution is 0.0735. The molecule has 0 radical (unpaired) electrons. The molecule has 0 bridgehead atoms. The Kier molecular flexibility index (Phi) is 5.68. The van der Waals surface area contributed by atoms with E-state index < -0.39 is 10.0 Å². The van der Waals surface area contributed by atoms with Crippen molar-refractivity contribution in [3.05, 3.63) is 83.9 Å². The van der Waals surface area contributed by atoms with Gasteiger partial charge < -0.3 is 14.4 Å². The first kappa shape index (κ1) is 21.3. The maximum atomic E-state index is 13.3. The van der Waals surface area contributed by atoms with Gasteiger partial charge in [-0.1, -0.05) is 36.4 Å². The van der Waals surface area contributed by atoms with Crippen LogP contribution in [0.1, 0.15) is 34.8 Å². The first-order valence-corrected chi connectivity index (χ1v) is 12.4. The largest absolute Gasteiger partial charge is 0.486 e. The predicted octanol–water partition coefficient (Wildman–Crippen LogP) is 4.24. The standard InChI is InChI=1S/C25H24N2O5S/c28-25(27-13-5-10-22(27)18-6-2-1-3-7-18)19-8-4-9-20(16-19)26-33(29,30)21-11-12-23-24(17-21)32-15-14-31-23/h1-4,6-9,11-12,16-17,22,26H,5,10,13-15H2. The van der Waals surface area contributed by atoms with E-state index in [0.717, 1.165) is 18.4 Å². The molecule has 3 aromatic rings. The predicted molar refractivity (Wildman–Crippen MR) is 124 cm³/mol. The first-order chi connectivity index (χ1) is 16.0. The van der Waals surface area contributed by atoms with Crippen LogP contribution >= 0.6 is 0 Å². The third-order valence-corrected chi connectivity index (χ3v) is 7.26. The number of carbonyl (C=O) groups is 1. The van der Waals surface area contributed by atoms with Crippen molar-refractivity contribution in [3.8, 4) is 11.5 Å². The molecule has 2 aliphatic heterocycles. The summed E-state index contributed by atoms with van der Waals surface area (Å²) in [7, 11) is -3.87. The highest BCUT2D eigenvalue weighted by Crippen LogP contribution is 2.34. The fourth-order valence-corrected chi connectivity index (χ4v) is 5.38. The minimum Gasteiger partial charge on any atom is -0.486 e. The van der Waals surface area contributed by atoms with Crippen molar-refractivity contribution in [2.24, 2.45) is 0 Å². The fraction of sp³-hybridized carbons (Fsp3) is 0.240. The molecule has 1 unspecified atom stereocenters. The number of hydrogen-bond donors (Lipinski definition) is 1. The SMILES string of the molecule is O=C(c1cccc(NS(=O)(=O)c2ccc3c(c2)OCCO3)c1)N1CCCC1c1ccccc1. The molecular formula is C25H24N2O5S. The summed E-state index contributed by atoms with van der Waals surface area (Å²) in [4.78, 5) is 15.2. The third kappa shape index (κ3) is 4.39. The molecule has 0 saturated carbocycles. The zero-order valence-electron chi connectivity index (χ0n) is 17.9. The first-order valence-electron chi connectivity index (χ1n) is 10.9. The Morgan fingerprint density at radius 1 is 0.909 bits per heavy atom. The lowest BCUT2D eigenvalue weighted by Crippen LogP contribution is -2.30. The molecule has 8 heteroatoms. The second kappa shape index (κ2) is 8.78. The van der Waals surface area contributed by atoms with Gasteiger partial charge in [0.1, 0.15) is 13.2 Å². The minimum atomic E-state index is -3.87. The van der Waals surface area contributed by atoms with Gasteiger partial charge in [0.05, 0.1) is 10.9 Å². The lowest BCUT2D eigenvalue weighted by atomic mass is 10.0. The topological polar surface area (TPSA) is 84.9 Å². The van der Waals surface area contributed by atoms with E-state index in [1.807, 2.05) is 35.2 Å². The van der Waals surface area contributed by atoms with Crippen LogP contribution in [-0.2, 0) is 10.0 Å². The van der Waals surface area contributed by atoms with Gasteiger partial charge in [-0.2, -0.15) is 0 Å². The summed E-state index contributed by atoms with van der Waals surface area (Å²) in [5, 5.41) is 0. The molecule has 0 spiro atoms. The Hall–Kier alpha value is -3.52. The van der Waals surface area contributed by atoms with Crippen LogP contribution < -0.4 is 14.2 Å². The summed E-state index contributed by atoms with van der Waals surface area (Å²) in [6.45, 7) is 1.47. The number of sulfonamides is 1. The molecule has 5 rings (SSSR count). The number of ether oxygens (including phenoxy) is 2. The molecule has 1 atom stereocenters. The number of amides is 1. The molecule has 3 aromatic carbocycles. The number of likely N-dealkylation sites (tertiary alicyclic amines) is 1.